The number of benzene rings is 2. The predicted molar refractivity (Wildman–Crippen MR) is 110 cm³/mol. The highest BCUT2D eigenvalue weighted by Gasteiger charge is 2.31. The molecule has 2 aromatic carbocycles. The number of nitrogens with zero attached hydrogens (tertiary/aromatic N) is 1. The van der Waals surface area contributed by atoms with Gasteiger partial charge < -0.3 is 9.64 Å². The van der Waals surface area contributed by atoms with Crippen LogP contribution in [0.15, 0.2) is 48.5 Å². The minimum atomic E-state index is -3.22. The molecule has 0 N–H and O–H groups in total. The van der Waals surface area contributed by atoms with Crippen LogP contribution in [0.1, 0.15) is 29.5 Å². The molecule has 1 aliphatic heterocycles. The summed E-state index contributed by atoms with van der Waals surface area (Å²) in [6, 6.07) is 15.0. The summed E-state index contributed by atoms with van der Waals surface area (Å²) >= 11 is 0. The fraction of sp³-hybridized carbons (Fsp3) is 0.409. The van der Waals surface area contributed by atoms with E-state index in [0.29, 0.717) is 31.7 Å². The van der Waals surface area contributed by atoms with Gasteiger partial charge in [0.15, 0.2) is 16.4 Å². The monoisotopic (exact) mass is 401 g/mol. The molecule has 1 aliphatic rings. The summed E-state index contributed by atoms with van der Waals surface area (Å²) in [4.78, 5) is 14.2. The molecule has 0 bridgehead atoms. The Bertz CT molecular complexity index is 917. The molecule has 0 radical (unpaired) electrons. The van der Waals surface area contributed by atoms with Crippen molar-refractivity contribution in [3.8, 4) is 5.75 Å². The molecule has 1 amide bonds. The summed E-state index contributed by atoms with van der Waals surface area (Å²) in [7, 11) is -3.22. The Morgan fingerprint density at radius 2 is 1.71 bits per heavy atom. The van der Waals surface area contributed by atoms with E-state index in [4.69, 9.17) is 4.74 Å². The Balaban J connectivity index is 1.51. The first-order chi connectivity index (χ1) is 13.4. The van der Waals surface area contributed by atoms with Gasteiger partial charge in [-0.05, 0) is 49.4 Å². The van der Waals surface area contributed by atoms with Crippen molar-refractivity contribution in [3.05, 3.63) is 65.2 Å². The quantitative estimate of drug-likeness (QED) is 0.745. The molecule has 28 heavy (non-hydrogen) atoms. The molecule has 6 heteroatoms. The predicted octanol–water partition coefficient (Wildman–Crippen LogP) is 3.29. The fourth-order valence-electron chi connectivity index (χ4n) is 3.50. The molecule has 150 valence electrons. The first-order valence-corrected chi connectivity index (χ1v) is 11.3. The minimum absolute atomic E-state index is 0.0221. The number of likely N-dealkylation sites (tertiary alicyclic amines) is 1. The van der Waals surface area contributed by atoms with E-state index in [9.17, 15) is 13.2 Å². The van der Waals surface area contributed by atoms with E-state index in [-0.39, 0.29) is 18.3 Å². The van der Waals surface area contributed by atoms with Gasteiger partial charge in [-0.2, -0.15) is 0 Å². The average Bonchev–Trinajstić information content (AvgIpc) is 2.69. The lowest BCUT2D eigenvalue weighted by Gasteiger charge is -2.31. The third-order valence-corrected chi connectivity index (χ3v) is 7.64. The number of hydrogen-bond donors (Lipinski definition) is 0. The number of rotatable bonds is 6. The van der Waals surface area contributed by atoms with Gasteiger partial charge in [0.05, 0.1) is 11.0 Å². The molecule has 1 saturated heterocycles. The second kappa shape index (κ2) is 8.78. The zero-order valence-corrected chi connectivity index (χ0v) is 17.2. The number of carbonyl (C=O) groups excluding carboxylic acids is 1. The van der Waals surface area contributed by atoms with Crippen LogP contribution in [0.3, 0.4) is 0 Å². The van der Waals surface area contributed by atoms with Crippen LogP contribution in [0.4, 0.5) is 0 Å². The summed E-state index contributed by atoms with van der Waals surface area (Å²) < 4.78 is 31.1. The van der Waals surface area contributed by atoms with Crippen molar-refractivity contribution < 1.29 is 17.9 Å². The summed E-state index contributed by atoms with van der Waals surface area (Å²) in [5.41, 5.74) is 2.96. The van der Waals surface area contributed by atoms with Crippen molar-refractivity contribution in [1.29, 1.82) is 0 Å². The number of sulfone groups is 1. The third-order valence-electron chi connectivity index (χ3n) is 5.42. The van der Waals surface area contributed by atoms with Gasteiger partial charge in [0.2, 0.25) is 0 Å². The summed E-state index contributed by atoms with van der Waals surface area (Å²) in [5, 5.41) is -0.392. The molecule has 0 atom stereocenters. The fourth-order valence-corrected chi connectivity index (χ4v) is 5.32. The van der Waals surface area contributed by atoms with Crippen LogP contribution < -0.4 is 4.74 Å². The van der Waals surface area contributed by atoms with Gasteiger partial charge in [-0.15, -0.1) is 0 Å². The molecule has 5 nitrogen and oxygen atoms in total. The second-order valence-corrected chi connectivity index (χ2v) is 9.64. The van der Waals surface area contributed by atoms with E-state index >= 15 is 0 Å². The normalized spacial score (nSPS) is 15.4. The Labute approximate surface area is 167 Å². The first kappa shape index (κ1) is 20.4. The van der Waals surface area contributed by atoms with E-state index < -0.39 is 15.1 Å². The SMILES string of the molecule is Cc1cccc(OCC(=O)N2CCC(S(=O)(=O)Cc3ccccc3)CC2)c1C. The highest BCUT2D eigenvalue weighted by atomic mass is 32.2. The molecule has 0 aromatic heterocycles. The van der Waals surface area contributed by atoms with Crippen LogP contribution in [0.5, 0.6) is 5.75 Å². The Morgan fingerprint density at radius 1 is 1.04 bits per heavy atom. The molecule has 0 saturated carbocycles. The number of carbonyl (C=O) groups is 1. The van der Waals surface area contributed by atoms with Gasteiger partial charge in [0, 0.05) is 13.1 Å². The van der Waals surface area contributed by atoms with Crippen LogP contribution >= 0.6 is 0 Å². The van der Waals surface area contributed by atoms with E-state index in [0.717, 1.165) is 16.7 Å². The van der Waals surface area contributed by atoms with Gasteiger partial charge in [-0.25, -0.2) is 8.42 Å². The van der Waals surface area contributed by atoms with Gasteiger partial charge in [0.25, 0.3) is 5.91 Å². The number of hydrogen-bond acceptors (Lipinski definition) is 4. The topological polar surface area (TPSA) is 63.7 Å². The maximum Gasteiger partial charge on any atom is 0.260 e. The minimum Gasteiger partial charge on any atom is -0.483 e. The lowest BCUT2D eigenvalue weighted by Crippen LogP contribution is -2.44. The maximum atomic E-state index is 12.7. The van der Waals surface area contributed by atoms with Crippen molar-refractivity contribution >= 4 is 15.7 Å². The van der Waals surface area contributed by atoms with Crippen LogP contribution in [0, 0.1) is 13.8 Å². The van der Waals surface area contributed by atoms with Crippen LogP contribution in [0.25, 0.3) is 0 Å². The number of piperidine rings is 1. The molecule has 3 rings (SSSR count). The van der Waals surface area contributed by atoms with Gasteiger partial charge >= 0.3 is 0 Å². The number of ether oxygens (including phenoxy) is 1. The molecule has 0 unspecified atom stereocenters. The smallest absolute Gasteiger partial charge is 0.260 e. The zero-order chi connectivity index (χ0) is 20.1. The van der Waals surface area contributed by atoms with Crippen molar-refractivity contribution in [2.75, 3.05) is 19.7 Å². The van der Waals surface area contributed by atoms with Crippen LogP contribution in [-0.2, 0) is 20.4 Å². The second-order valence-electron chi connectivity index (χ2n) is 7.36. The lowest BCUT2D eigenvalue weighted by molar-refractivity contribution is -0.134. The summed E-state index contributed by atoms with van der Waals surface area (Å²) in [6.07, 6.45) is 0.953. The summed E-state index contributed by atoms with van der Waals surface area (Å²) in [5.74, 6) is 0.677. The summed E-state index contributed by atoms with van der Waals surface area (Å²) in [6.45, 7) is 4.86. The van der Waals surface area contributed by atoms with E-state index in [1.165, 1.54) is 0 Å². The van der Waals surface area contributed by atoms with E-state index in [1.54, 1.807) is 4.90 Å². The maximum absolute atomic E-state index is 12.7. The van der Waals surface area contributed by atoms with E-state index in [1.807, 2.05) is 62.4 Å². The highest BCUT2D eigenvalue weighted by Crippen LogP contribution is 2.23. The number of aryl methyl sites for hydroxylation is 1. The molecule has 2 aromatic rings. The standard InChI is InChI=1S/C22H27NO4S/c1-17-7-6-10-21(18(17)2)27-15-22(24)23-13-11-20(12-14-23)28(25,26)16-19-8-4-3-5-9-19/h3-10,20H,11-16H2,1-2H3. The van der Waals surface area contributed by atoms with Gasteiger partial charge in [-0.3, -0.25) is 4.79 Å². The van der Waals surface area contributed by atoms with Gasteiger partial charge in [0.1, 0.15) is 5.75 Å². The largest absolute Gasteiger partial charge is 0.483 e. The molecule has 0 aliphatic carbocycles. The lowest BCUT2D eigenvalue weighted by atomic mass is 10.1. The molecular weight excluding hydrogens is 374 g/mol. The Kier molecular flexibility index (Phi) is 6.39. The zero-order valence-electron chi connectivity index (χ0n) is 16.4. The van der Waals surface area contributed by atoms with Crippen molar-refractivity contribution in [3.63, 3.8) is 0 Å². The highest BCUT2D eigenvalue weighted by molar-refractivity contribution is 7.91. The van der Waals surface area contributed by atoms with Crippen LogP contribution in [0.2, 0.25) is 0 Å². The molecular formula is C22H27NO4S. The number of amides is 1. The van der Waals surface area contributed by atoms with Crippen molar-refractivity contribution in [2.24, 2.45) is 0 Å². The third kappa shape index (κ3) is 4.93. The van der Waals surface area contributed by atoms with Crippen LogP contribution in [-0.4, -0.2) is 44.2 Å². The average molecular weight is 402 g/mol. The van der Waals surface area contributed by atoms with Crippen molar-refractivity contribution in [1.82, 2.24) is 4.90 Å². The van der Waals surface area contributed by atoms with Gasteiger partial charge in [-0.1, -0.05) is 42.5 Å². The molecule has 0 spiro atoms. The first-order valence-electron chi connectivity index (χ1n) is 9.59. The Morgan fingerprint density at radius 3 is 2.39 bits per heavy atom. The molecule has 1 heterocycles. The van der Waals surface area contributed by atoms with E-state index in [2.05, 4.69) is 0 Å². The molecule has 1 fully saturated rings. The van der Waals surface area contributed by atoms with Crippen molar-refractivity contribution in [2.45, 2.75) is 37.7 Å². The Hall–Kier alpha value is -2.34.